The summed E-state index contributed by atoms with van der Waals surface area (Å²) in [7, 11) is 0. The molecule has 120 valence electrons. The molecule has 1 amide bonds. The topological polar surface area (TPSA) is 70.0 Å². The number of nitrogens with zero attached hydrogens (tertiary/aromatic N) is 2. The molecule has 0 spiro atoms. The molecule has 23 heavy (non-hydrogen) atoms. The molecule has 0 bridgehead atoms. The van der Waals surface area contributed by atoms with Crippen molar-refractivity contribution in [3.63, 3.8) is 0 Å². The highest BCUT2D eigenvalue weighted by Gasteiger charge is 2.21. The average molecular weight is 330 g/mol. The van der Waals surface area contributed by atoms with Gasteiger partial charge in [0.1, 0.15) is 6.54 Å². The standard InChI is InChI=1S/C17H18N2O3S/c1-12(11-23)17(22)19(10-16(20)21)18-9-13-6-7-14-4-2-3-5-15(14)8-13/h2-9,12,23H,10-11H2,1H3,(H,20,21)/b18-9-/t12-/m1/s1. The third kappa shape index (κ3) is 4.56. The Hall–Kier alpha value is -2.34. The summed E-state index contributed by atoms with van der Waals surface area (Å²) in [6.07, 6.45) is 1.50. The van der Waals surface area contributed by atoms with Crippen LogP contribution in [0.25, 0.3) is 10.8 Å². The quantitative estimate of drug-likeness (QED) is 0.486. The Balaban J connectivity index is 2.23. The van der Waals surface area contributed by atoms with Crippen LogP contribution in [0.3, 0.4) is 0 Å². The fourth-order valence-electron chi connectivity index (χ4n) is 2.06. The molecule has 0 aromatic heterocycles. The molecule has 1 N–H and O–H groups in total. The summed E-state index contributed by atoms with van der Waals surface area (Å²) in [5, 5.41) is 16.1. The van der Waals surface area contributed by atoms with Crippen molar-refractivity contribution in [3.8, 4) is 0 Å². The second-order valence-corrected chi connectivity index (χ2v) is 5.59. The molecule has 5 nitrogen and oxygen atoms in total. The molecule has 0 unspecified atom stereocenters. The fraction of sp³-hybridized carbons (Fsp3) is 0.235. The predicted octanol–water partition coefficient (Wildman–Crippen LogP) is 2.65. The van der Waals surface area contributed by atoms with Crippen molar-refractivity contribution in [2.45, 2.75) is 6.92 Å². The van der Waals surface area contributed by atoms with Crippen LogP contribution >= 0.6 is 12.6 Å². The Morgan fingerprint density at radius 1 is 1.26 bits per heavy atom. The number of hydrazone groups is 1. The number of carboxylic acids is 1. The van der Waals surface area contributed by atoms with E-state index in [-0.39, 0.29) is 5.91 Å². The Labute approximate surface area is 140 Å². The lowest BCUT2D eigenvalue weighted by Crippen LogP contribution is -2.35. The van der Waals surface area contributed by atoms with Gasteiger partial charge in [-0.2, -0.15) is 17.7 Å². The van der Waals surface area contributed by atoms with Gasteiger partial charge in [-0.25, -0.2) is 5.01 Å². The van der Waals surface area contributed by atoms with Gasteiger partial charge in [0.25, 0.3) is 0 Å². The molecule has 2 rings (SSSR count). The molecule has 0 aliphatic rings. The van der Waals surface area contributed by atoms with Crippen LogP contribution in [0, 0.1) is 5.92 Å². The van der Waals surface area contributed by atoms with Gasteiger partial charge in [-0.15, -0.1) is 0 Å². The van der Waals surface area contributed by atoms with Crippen molar-refractivity contribution in [2.75, 3.05) is 12.3 Å². The molecule has 0 heterocycles. The van der Waals surface area contributed by atoms with E-state index in [9.17, 15) is 9.59 Å². The van der Waals surface area contributed by atoms with Crippen molar-refractivity contribution >= 4 is 41.5 Å². The van der Waals surface area contributed by atoms with Crippen molar-refractivity contribution in [1.82, 2.24) is 5.01 Å². The molecule has 2 aromatic rings. The smallest absolute Gasteiger partial charge is 0.325 e. The molecule has 6 heteroatoms. The van der Waals surface area contributed by atoms with Crippen molar-refractivity contribution in [1.29, 1.82) is 0 Å². The lowest BCUT2D eigenvalue weighted by molar-refractivity contribution is -0.145. The second-order valence-electron chi connectivity index (χ2n) is 5.22. The van der Waals surface area contributed by atoms with E-state index in [0.29, 0.717) is 5.75 Å². The van der Waals surface area contributed by atoms with Crippen molar-refractivity contribution in [2.24, 2.45) is 11.0 Å². The molecule has 0 radical (unpaired) electrons. The average Bonchev–Trinajstić information content (AvgIpc) is 2.56. The first-order chi connectivity index (χ1) is 11.0. The summed E-state index contributed by atoms with van der Waals surface area (Å²) in [6, 6.07) is 13.7. The fourth-order valence-corrected chi connectivity index (χ4v) is 2.22. The number of thiol groups is 1. The maximum Gasteiger partial charge on any atom is 0.325 e. The summed E-state index contributed by atoms with van der Waals surface area (Å²) in [5.74, 6) is -1.54. The number of aliphatic carboxylic acids is 1. The summed E-state index contributed by atoms with van der Waals surface area (Å²) in [4.78, 5) is 23.1. The zero-order valence-electron chi connectivity index (χ0n) is 12.7. The maximum absolute atomic E-state index is 12.1. The van der Waals surface area contributed by atoms with E-state index in [1.54, 1.807) is 6.92 Å². The van der Waals surface area contributed by atoms with Gasteiger partial charge in [-0.1, -0.05) is 43.3 Å². The lowest BCUT2D eigenvalue weighted by Gasteiger charge is -2.18. The highest BCUT2D eigenvalue weighted by atomic mass is 32.1. The van der Waals surface area contributed by atoms with Crippen LogP contribution in [-0.4, -0.2) is 40.5 Å². The number of carbonyl (C=O) groups is 2. The van der Waals surface area contributed by atoms with Crippen LogP contribution in [0.1, 0.15) is 12.5 Å². The molecular formula is C17H18N2O3S. The Bertz CT molecular complexity index is 745. The van der Waals surface area contributed by atoms with Gasteiger partial charge in [0.2, 0.25) is 5.91 Å². The molecule has 2 aromatic carbocycles. The van der Waals surface area contributed by atoms with E-state index >= 15 is 0 Å². The monoisotopic (exact) mass is 330 g/mol. The van der Waals surface area contributed by atoms with Crippen LogP contribution in [0.2, 0.25) is 0 Å². The van der Waals surface area contributed by atoms with Gasteiger partial charge in [0, 0.05) is 11.7 Å². The van der Waals surface area contributed by atoms with E-state index in [0.717, 1.165) is 21.3 Å². The lowest BCUT2D eigenvalue weighted by atomic mass is 10.1. The van der Waals surface area contributed by atoms with Crippen molar-refractivity contribution in [3.05, 3.63) is 48.0 Å². The number of hydrogen-bond donors (Lipinski definition) is 2. The van der Waals surface area contributed by atoms with Crippen LogP contribution in [0.5, 0.6) is 0 Å². The number of carboxylic acid groups (broad SMARTS) is 1. The minimum Gasteiger partial charge on any atom is -0.480 e. The van der Waals surface area contributed by atoms with Gasteiger partial charge in [-0.3, -0.25) is 9.59 Å². The van der Waals surface area contributed by atoms with Crippen LogP contribution < -0.4 is 0 Å². The predicted molar refractivity (Wildman–Crippen MR) is 93.9 cm³/mol. The Morgan fingerprint density at radius 2 is 1.96 bits per heavy atom. The van der Waals surface area contributed by atoms with Gasteiger partial charge in [-0.05, 0) is 22.4 Å². The van der Waals surface area contributed by atoms with Crippen LogP contribution in [-0.2, 0) is 9.59 Å². The molecular weight excluding hydrogens is 312 g/mol. The molecule has 0 aliphatic heterocycles. The first kappa shape index (κ1) is 17.0. The summed E-state index contributed by atoms with van der Waals surface area (Å²) in [6.45, 7) is 1.22. The molecule has 0 saturated heterocycles. The Morgan fingerprint density at radius 3 is 2.61 bits per heavy atom. The van der Waals surface area contributed by atoms with Crippen LogP contribution in [0.4, 0.5) is 0 Å². The van der Waals surface area contributed by atoms with Crippen LogP contribution in [0.15, 0.2) is 47.6 Å². The zero-order chi connectivity index (χ0) is 16.8. The number of rotatable bonds is 6. The minimum absolute atomic E-state index is 0.334. The van der Waals surface area contributed by atoms with Gasteiger partial charge in [0.05, 0.1) is 6.21 Å². The number of amides is 1. The molecule has 1 atom stereocenters. The van der Waals surface area contributed by atoms with Crippen molar-refractivity contribution < 1.29 is 14.7 Å². The van der Waals surface area contributed by atoms with E-state index in [4.69, 9.17) is 5.11 Å². The van der Waals surface area contributed by atoms with Gasteiger partial charge in [0.15, 0.2) is 0 Å². The van der Waals surface area contributed by atoms with Gasteiger partial charge >= 0.3 is 5.97 Å². The first-order valence-corrected chi connectivity index (χ1v) is 7.81. The van der Waals surface area contributed by atoms with E-state index in [1.807, 2.05) is 42.5 Å². The molecule has 0 saturated carbocycles. The number of hydrogen-bond acceptors (Lipinski definition) is 4. The third-order valence-corrected chi connectivity index (χ3v) is 3.90. The second kappa shape index (κ2) is 7.78. The summed E-state index contributed by atoms with van der Waals surface area (Å²) >= 11 is 4.07. The first-order valence-electron chi connectivity index (χ1n) is 7.18. The number of fused-ring (bicyclic) bond motifs is 1. The summed E-state index contributed by atoms with van der Waals surface area (Å²) < 4.78 is 0. The maximum atomic E-state index is 12.1. The largest absolute Gasteiger partial charge is 0.480 e. The highest BCUT2D eigenvalue weighted by molar-refractivity contribution is 7.80. The SMILES string of the molecule is C[C@H](CS)C(=O)N(CC(=O)O)/N=C\c1ccc2ccccc2c1. The zero-order valence-corrected chi connectivity index (χ0v) is 13.6. The third-order valence-electron chi connectivity index (χ3n) is 3.35. The highest BCUT2D eigenvalue weighted by Crippen LogP contribution is 2.15. The minimum atomic E-state index is -1.11. The molecule has 0 fully saturated rings. The van der Waals surface area contributed by atoms with Gasteiger partial charge < -0.3 is 5.11 Å². The van der Waals surface area contributed by atoms with E-state index in [2.05, 4.69) is 17.7 Å². The number of carbonyl (C=O) groups excluding carboxylic acids is 1. The Kier molecular flexibility index (Phi) is 5.76. The molecule has 0 aliphatic carbocycles. The summed E-state index contributed by atoms with van der Waals surface area (Å²) in [5.41, 5.74) is 0.797. The van der Waals surface area contributed by atoms with E-state index < -0.39 is 18.4 Å². The number of benzene rings is 2. The van der Waals surface area contributed by atoms with E-state index in [1.165, 1.54) is 6.21 Å². The normalized spacial score (nSPS) is 12.4.